The number of imide groups is 1. The summed E-state index contributed by atoms with van der Waals surface area (Å²) in [4.78, 5) is 28.3. The molecule has 0 aliphatic carbocycles. The molecule has 1 fully saturated rings. The molecule has 3 aromatic carbocycles. The Morgan fingerprint density at radius 3 is 2.64 bits per heavy atom. The fourth-order valence-corrected chi connectivity index (χ4v) is 5.99. The van der Waals surface area contributed by atoms with Crippen molar-refractivity contribution >= 4 is 46.2 Å². The highest BCUT2D eigenvalue weighted by Gasteiger charge is 2.42. The normalized spacial score (nSPS) is 16.9. The van der Waals surface area contributed by atoms with Crippen molar-refractivity contribution in [1.29, 1.82) is 0 Å². The second kappa shape index (κ2) is 11.4. The van der Waals surface area contributed by atoms with Gasteiger partial charge in [0.2, 0.25) is 5.91 Å². The van der Waals surface area contributed by atoms with E-state index in [0.717, 1.165) is 33.3 Å². The lowest BCUT2D eigenvalue weighted by Crippen LogP contribution is -2.44. The molecule has 3 atom stereocenters. The largest absolute Gasteiger partial charge is 0.447 e. The predicted octanol–water partition coefficient (Wildman–Crippen LogP) is 6.51. The van der Waals surface area contributed by atoms with Gasteiger partial charge in [0.15, 0.2) is 0 Å². The molecule has 0 spiro atoms. The van der Waals surface area contributed by atoms with Gasteiger partial charge in [0.25, 0.3) is 0 Å². The Morgan fingerprint density at radius 1 is 1.15 bits per heavy atom. The Hall–Kier alpha value is -3.42. The van der Waals surface area contributed by atoms with E-state index < -0.39 is 24.0 Å². The number of cyclic esters (lactones) is 1. The number of amides is 2. The average molecular weight is 566 g/mol. The first-order valence-corrected chi connectivity index (χ1v) is 14.0. The number of benzene rings is 3. The van der Waals surface area contributed by atoms with E-state index in [4.69, 9.17) is 27.9 Å². The summed E-state index contributed by atoms with van der Waals surface area (Å²) in [5.41, 5.74) is 6.08. The van der Waals surface area contributed by atoms with Gasteiger partial charge in [0.05, 0.1) is 16.6 Å². The summed E-state index contributed by atoms with van der Waals surface area (Å²) in [7, 11) is 0. The van der Waals surface area contributed by atoms with Gasteiger partial charge in [-0.25, -0.2) is 14.4 Å². The highest BCUT2D eigenvalue weighted by atomic mass is 35.5. The number of carbonyl (C=O) groups excluding carboxylic acids is 2. The number of hydrogen-bond donors (Lipinski definition) is 0. The topological polar surface area (TPSA) is 77.3 Å². The standard InChI is InChI=1S/C30H30Cl2N4O3/c1-4-35-25-13-12-24(27(32)28(25)33-34-35)26(21-11-10-18(2)22(15-21)16-31)19(3)29(37)36-23(17-39-30(36)38)14-20-8-6-5-7-9-20/h5-13,15,19,23,26H,4,14,16-17H2,1-3H3/t19-,23?,26+/m1/s1. The van der Waals surface area contributed by atoms with Crippen LogP contribution in [0.1, 0.15) is 47.6 Å². The van der Waals surface area contributed by atoms with Gasteiger partial charge in [0.1, 0.15) is 12.1 Å². The van der Waals surface area contributed by atoms with Crippen LogP contribution >= 0.6 is 23.2 Å². The summed E-state index contributed by atoms with van der Waals surface area (Å²) < 4.78 is 7.14. The van der Waals surface area contributed by atoms with Gasteiger partial charge in [-0.1, -0.05) is 78.3 Å². The van der Waals surface area contributed by atoms with E-state index in [1.807, 2.05) is 81.4 Å². The number of nitrogens with zero attached hydrogens (tertiary/aromatic N) is 4. The number of hydrogen-bond acceptors (Lipinski definition) is 5. The number of aryl methyl sites for hydroxylation is 2. The lowest BCUT2D eigenvalue weighted by atomic mass is 9.79. The molecule has 7 nitrogen and oxygen atoms in total. The highest BCUT2D eigenvalue weighted by molar-refractivity contribution is 6.35. The zero-order chi connectivity index (χ0) is 27.7. The minimum absolute atomic E-state index is 0.157. The quantitative estimate of drug-likeness (QED) is 0.228. The van der Waals surface area contributed by atoms with Crippen molar-refractivity contribution in [2.24, 2.45) is 5.92 Å². The van der Waals surface area contributed by atoms with Gasteiger partial charge < -0.3 is 4.74 Å². The first-order chi connectivity index (χ1) is 18.8. The molecule has 39 heavy (non-hydrogen) atoms. The molecular weight excluding hydrogens is 535 g/mol. The number of alkyl halides is 1. The third kappa shape index (κ3) is 5.13. The maximum absolute atomic E-state index is 14.1. The lowest BCUT2D eigenvalue weighted by Gasteiger charge is -2.30. The fraction of sp³-hybridized carbons (Fsp3) is 0.333. The maximum Gasteiger partial charge on any atom is 0.416 e. The van der Waals surface area contributed by atoms with Crippen LogP contribution in [-0.2, 0) is 28.4 Å². The van der Waals surface area contributed by atoms with E-state index in [1.54, 1.807) is 4.68 Å². The Kier molecular flexibility index (Phi) is 7.91. The van der Waals surface area contributed by atoms with Crippen molar-refractivity contribution in [2.45, 2.75) is 51.6 Å². The van der Waals surface area contributed by atoms with Crippen LogP contribution in [-0.4, -0.2) is 44.5 Å². The molecule has 0 radical (unpaired) electrons. The van der Waals surface area contributed by atoms with Gasteiger partial charge in [0, 0.05) is 24.3 Å². The zero-order valence-electron chi connectivity index (χ0n) is 22.1. The molecule has 5 rings (SSSR count). The summed E-state index contributed by atoms with van der Waals surface area (Å²) in [5.74, 6) is -1.08. The van der Waals surface area contributed by atoms with Crippen LogP contribution in [0.5, 0.6) is 0 Å². The number of carbonyl (C=O) groups is 2. The second-order valence-corrected chi connectivity index (χ2v) is 10.6. The van der Waals surface area contributed by atoms with E-state index in [9.17, 15) is 9.59 Å². The molecule has 1 saturated heterocycles. The molecular formula is C30H30Cl2N4O3. The third-order valence-corrected chi connectivity index (χ3v) is 8.25. The highest BCUT2D eigenvalue weighted by Crippen LogP contribution is 2.41. The van der Waals surface area contributed by atoms with Crippen molar-refractivity contribution in [3.05, 3.63) is 93.5 Å². The summed E-state index contributed by atoms with van der Waals surface area (Å²) in [5, 5.41) is 8.97. The summed E-state index contributed by atoms with van der Waals surface area (Å²) in [6, 6.07) is 19.3. The Morgan fingerprint density at radius 2 is 1.92 bits per heavy atom. The molecule has 1 aliphatic rings. The summed E-state index contributed by atoms with van der Waals surface area (Å²) >= 11 is 13.2. The zero-order valence-corrected chi connectivity index (χ0v) is 23.6. The summed E-state index contributed by atoms with van der Waals surface area (Å²) in [6.45, 7) is 6.63. The van der Waals surface area contributed by atoms with Crippen LogP contribution in [0.2, 0.25) is 5.02 Å². The Balaban J connectivity index is 1.57. The molecule has 0 bridgehead atoms. The smallest absolute Gasteiger partial charge is 0.416 e. The number of rotatable bonds is 8. The van der Waals surface area contributed by atoms with E-state index in [0.29, 0.717) is 29.4 Å². The molecule has 1 unspecified atom stereocenters. The lowest BCUT2D eigenvalue weighted by molar-refractivity contribution is -0.133. The molecule has 0 saturated carbocycles. The van der Waals surface area contributed by atoms with Gasteiger partial charge >= 0.3 is 6.09 Å². The maximum atomic E-state index is 14.1. The van der Waals surface area contributed by atoms with Crippen molar-refractivity contribution in [3.63, 3.8) is 0 Å². The molecule has 0 N–H and O–H groups in total. The molecule has 2 heterocycles. The van der Waals surface area contributed by atoms with Crippen molar-refractivity contribution in [1.82, 2.24) is 19.9 Å². The van der Waals surface area contributed by atoms with Crippen molar-refractivity contribution in [2.75, 3.05) is 6.61 Å². The molecule has 4 aromatic rings. The number of fused-ring (bicyclic) bond motifs is 1. The Bertz CT molecular complexity index is 1520. The van der Waals surface area contributed by atoms with Gasteiger partial charge in [-0.2, -0.15) is 0 Å². The average Bonchev–Trinajstić information content (AvgIpc) is 3.54. The van der Waals surface area contributed by atoms with Crippen LogP contribution < -0.4 is 0 Å². The first-order valence-electron chi connectivity index (χ1n) is 13.0. The Labute approximate surface area is 237 Å². The molecule has 1 aliphatic heterocycles. The van der Waals surface area contributed by atoms with Crippen LogP contribution in [0.4, 0.5) is 4.79 Å². The van der Waals surface area contributed by atoms with Crippen LogP contribution in [0.15, 0.2) is 60.7 Å². The molecule has 1 aromatic heterocycles. The van der Waals surface area contributed by atoms with Gasteiger partial charge in [-0.05, 0) is 54.2 Å². The monoisotopic (exact) mass is 564 g/mol. The molecule has 2 amide bonds. The second-order valence-electron chi connectivity index (χ2n) is 9.96. The van der Waals surface area contributed by atoms with Crippen LogP contribution in [0.25, 0.3) is 11.0 Å². The van der Waals surface area contributed by atoms with E-state index in [-0.39, 0.29) is 12.5 Å². The predicted molar refractivity (Wildman–Crippen MR) is 152 cm³/mol. The minimum Gasteiger partial charge on any atom is -0.447 e. The van der Waals surface area contributed by atoms with E-state index in [1.165, 1.54) is 4.90 Å². The van der Waals surface area contributed by atoms with Gasteiger partial charge in [-0.3, -0.25) is 4.79 Å². The number of ether oxygens (including phenoxy) is 1. The van der Waals surface area contributed by atoms with Crippen molar-refractivity contribution in [3.8, 4) is 0 Å². The van der Waals surface area contributed by atoms with Crippen LogP contribution in [0.3, 0.4) is 0 Å². The number of halogens is 2. The number of aromatic nitrogens is 3. The van der Waals surface area contributed by atoms with E-state index >= 15 is 0 Å². The SMILES string of the molecule is CCn1nnc2c(Cl)c([C@H](c3ccc(C)c(CCl)c3)[C@@H](C)C(=O)N3C(=O)OCC3Cc3ccccc3)ccc21. The van der Waals surface area contributed by atoms with Crippen molar-refractivity contribution < 1.29 is 14.3 Å². The van der Waals surface area contributed by atoms with Gasteiger partial charge in [-0.15, -0.1) is 16.7 Å². The first kappa shape index (κ1) is 27.2. The van der Waals surface area contributed by atoms with E-state index in [2.05, 4.69) is 10.3 Å². The molecule has 9 heteroatoms. The van der Waals surface area contributed by atoms with Crippen LogP contribution in [0, 0.1) is 12.8 Å². The fourth-order valence-electron chi connectivity index (χ4n) is 5.39. The molecule has 202 valence electrons. The summed E-state index contributed by atoms with van der Waals surface area (Å²) in [6.07, 6.45) is -0.104. The minimum atomic E-state index is -0.643. The third-order valence-electron chi connectivity index (χ3n) is 7.57.